The number of halogens is 1. The van der Waals surface area contributed by atoms with Gasteiger partial charge in [-0.3, -0.25) is 0 Å². The Morgan fingerprint density at radius 3 is 2.48 bits per heavy atom. The summed E-state index contributed by atoms with van der Waals surface area (Å²) < 4.78 is 11.9. The third-order valence-electron chi connectivity index (χ3n) is 5.17. The SMILES string of the molecule is COc1ccc2c(c1)C(Oc1cccc(Cl)c1)C(CN(C)C)C2(C)C. The zero-order valence-corrected chi connectivity index (χ0v) is 16.3. The lowest BCUT2D eigenvalue weighted by Gasteiger charge is -2.33. The van der Waals surface area contributed by atoms with Crippen LogP contribution in [0.15, 0.2) is 42.5 Å². The van der Waals surface area contributed by atoms with Crippen LogP contribution in [0.2, 0.25) is 5.02 Å². The first-order valence-electron chi connectivity index (χ1n) is 8.58. The minimum absolute atomic E-state index is 0.00904. The Balaban J connectivity index is 2.05. The molecule has 0 bridgehead atoms. The van der Waals surface area contributed by atoms with E-state index in [0.717, 1.165) is 18.0 Å². The van der Waals surface area contributed by atoms with Crippen molar-refractivity contribution in [3.8, 4) is 11.5 Å². The molecular weight excluding hydrogens is 334 g/mol. The van der Waals surface area contributed by atoms with Gasteiger partial charge in [0.25, 0.3) is 0 Å². The van der Waals surface area contributed by atoms with Gasteiger partial charge < -0.3 is 14.4 Å². The molecule has 4 heteroatoms. The summed E-state index contributed by atoms with van der Waals surface area (Å²) in [5.41, 5.74) is 2.54. The lowest BCUT2D eigenvalue weighted by atomic mass is 9.77. The Labute approximate surface area is 155 Å². The van der Waals surface area contributed by atoms with E-state index in [2.05, 4.69) is 45.0 Å². The van der Waals surface area contributed by atoms with Crippen molar-refractivity contribution < 1.29 is 9.47 Å². The van der Waals surface area contributed by atoms with E-state index in [1.54, 1.807) is 7.11 Å². The van der Waals surface area contributed by atoms with Gasteiger partial charge in [0.05, 0.1) is 7.11 Å². The van der Waals surface area contributed by atoms with Crippen LogP contribution < -0.4 is 9.47 Å². The smallest absolute Gasteiger partial charge is 0.129 e. The highest BCUT2D eigenvalue weighted by Crippen LogP contribution is 2.52. The first-order valence-corrected chi connectivity index (χ1v) is 8.96. The van der Waals surface area contributed by atoms with Crippen molar-refractivity contribution in [2.45, 2.75) is 25.4 Å². The second-order valence-corrected chi connectivity index (χ2v) is 7.98. The normalized spacial score (nSPS) is 21.2. The molecule has 0 heterocycles. The second kappa shape index (κ2) is 6.89. The highest BCUT2D eigenvalue weighted by molar-refractivity contribution is 6.30. The Bertz CT molecular complexity index is 757. The van der Waals surface area contributed by atoms with E-state index in [1.165, 1.54) is 11.1 Å². The van der Waals surface area contributed by atoms with Crippen molar-refractivity contribution in [1.82, 2.24) is 4.90 Å². The van der Waals surface area contributed by atoms with Gasteiger partial charge in [-0.1, -0.05) is 37.6 Å². The molecule has 0 spiro atoms. The van der Waals surface area contributed by atoms with Crippen LogP contribution in [0.3, 0.4) is 0 Å². The molecule has 0 N–H and O–H groups in total. The predicted molar refractivity (Wildman–Crippen MR) is 103 cm³/mol. The van der Waals surface area contributed by atoms with Gasteiger partial charge in [0.2, 0.25) is 0 Å². The fourth-order valence-electron chi connectivity index (χ4n) is 3.83. The summed E-state index contributed by atoms with van der Waals surface area (Å²) in [5.74, 6) is 1.98. The minimum atomic E-state index is -0.0408. The molecule has 1 aliphatic rings. The number of fused-ring (bicyclic) bond motifs is 1. The van der Waals surface area contributed by atoms with Crippen LogP contribution in [0.5, 0.6) is 11.5 Å². The lowest BCUT2D eigenvalue weighted by molar-refractivity contribution is 0.0911. The second-order valence-electron chi connectivity index (χ2n) is 7.54. The van der Waals surface area contributed by atoms with Gasteiger partial charge in [0.15, 0.2) is 0 Å². The van der Waals surface area contributed by atoms with E-state index in [9.17, 15) is 0 Å². The predicted octanol–water partition coefficient (Wildman–Crippen LogP) is 4.94. The summed E-state index contributed by atoms with van der Waals surface area (Å²) in [4.78, 5) is 2.23. The summed E-state index contributed by atoms with van der Waals surface area (Å²) in [6.45, 7) is 5.54. The summed E-state index contributed by atoms with van der Waals surface area (Å²) in [6, 6.07) is 13.9. The number of methoxy groups -OCH3 is 1. The number of nitrogens with zero attached hydrogens (tertiary/aromatic N) is 1. The van der Waals surface area contributed by atoms with E-state index in [4.69, 9.17) is 21.1 Å². The third kappa shape index (κ3) is 3.49. The van der Waals surface area contributed by atoms with E-state index in [-0.39, 0.29) is 11.5 Å². The maximum absolute atomic E-state index is 6.46. The zero-order chi connectivity index (χ0) is 18.2. The molecule has 0 fully saturated rings. The molecule has 3 rings (SSSR count). The molecule has 0 aromatic heterocycles. The van der Waals surface area contributed by atoms with E-state index in [0.29, 0.717) is 10.9 Å². The molecule has 2 aromatic rings. The minimum Gasteiger partial charge on any atom is -0.497 e. The molecule has 2 unspecified atom stereocenters. The number of hydrogen-bond donors (Lipinski definition) is 0. The van der Waals surface area contributed by atoms with Crippen molar-refractivity contribution in [2.24, 2.45) is 5.92 Å². The first kappa shape index (κ1) is 18.1. The molecule has 0 saturated heterocycles. The Hall–Kier alpha value is -1.71. The molecule has 0 saturated carbocycles. The Morgan fingerprint density at radius 1 is 1.08 bits per heavy atom. The summed E-state index contributed by atoms with van der Waals surface area (Å²) in [7, 11) is 5.91. The van der Waals surface area contributed by atoms with Crippen LogP contribution in [0, 0.1) is 5.92 Å². The average Bonchev–Trinajstić information content (AvgIpc) is 2.75. The van der Waals surface area contributed by atoms with Crippen LogP contribution in [-0.2, 0) is 5.41 Å². The topological polar surface area (TPSA) is 21.7 Å². The number of hydrogen-bond acceptors (Lipinski definition) is 3. The van der Waals surface area contributed by atoms with Crippen LogP contribution in [-0.4, -0.2) is 32.6 Å². The lowest BCUT2D eigenvalue weighted by Crippen LogP contribution is -2.36. The zero-order valence-electron chi connectivity index (χ0n) is 15.5. The molecule has 0 amide bonds. The fourth-order valence-corrected chi connectivity index (χ4v) is 4.02. The highest BCUT2D eigenvalue weighted by Gasteiger charge is 2.48. The van der Waals surface area contributed by atoms with Gasteiger partial charge in [-0.2, -0.15) is 0 Å². The van der Waals surface area contributed by atoms with Crippen LogP contribution in [0.25, 0.3) is 0 Å². The van der Waals surface area contributed by atoms with Crippen LogP contribution in [0.1, 0.15) is 31.1 Å². The van der Waals surface area contributed by atoms with Gasteiger partial charge in [0.1, 0.15) is 17.6 Å². The molecular formula is C21H26ClNO2. The maximum Gasteiger partial charge on any atom is 0.129 e. The van der Waals surface area contributed by atoms with Gasteiger partial charge >= 0.3 is 0 Å². The summed E-state index contributed by atoms with van der Waals surface area (Å²) >= 11 is 6.15. The average molecular weight is 360 g/mol. The molecule has 2 atom stereocenters. The fraction of sp³-hybridized carbons (Fsp3) is 0.429. The van der Waals surface area contributed by atoms with E-state index in [1.807, 2.05) is 30.3 Å². The monoisotopic (exact) mass is 359 g/mol. The van der Waals surface area contributed by atoms with E-state index < -0.39 is 0 Å². The van der Waals surface area contributed by atoms with Crippen molar-refractivity contribution >= 4 is 11.6 Å². The number of benzene rings is 2. The Morgan fingerprint density at radius 2 is 1.84 bits per heavy atom. The molecule has 0 aliphatic heterocycles. The molecule has 1 aliphatic carbocycles. The first-order chi connectivity index (χ1) is 11.8. The third-order valence-corrected chi connectivity index (χ3v) is 5.41. The van der Waals surface area contributed by atoms with Gasteiger partial charge in [-0.15, -0.1) is 0 Å². The largest absolute Gasteiger partial charge is 0.497 e. The van der Waals surface area contributed by atoms with Gasteiger partial charge in [-0.25, -0.2) is 0 Å². The highest BCUT2D eigenvalue weighted by atomic mass is 35.5. The van der Waals surface area contributed by atoms with E-state index >= 15 is 0 Å². The standard InChI is InChI=1S/C21H26ClNO2/c1-21(2)18-10-9-15(24-5)12-17(18)20(19(21)13-23(3)4)25-16-8-6-7-14(22)11-16/h6-12,19-20H,13H2,1-5H3. The maximum atomic E-state index is 6.46. The van der Waals surface area contributed by atoms with Crippen molar-refractivity contribution in [3.05, 3.63) is 58.6 Å². The van der Waals surface area contributed by atoms with Gasteiger partial charge in [-0.05, 0) is 55.4 Å². The van der Waals surface area contributed by atoms with Crippen LogP contribution >= 0.6 is 11.6 Å². The number of rotatable bonds is 5. The molecule has 2 aromatic carbocycles. The Kier molecular flexibility index (Phi) is 4.99. The van der Waals surface area contributed by atoms with Crippen LogP contribution in [0.4, 0.5) is 0 Å². The summed E-state index contributed by atoms with van der Waals surface area (Å²) in [5, 5.41) is 0.685. The van der Waals surface area contributed by atoms with Crippen molar-refractivity contribution in [1.29, 1.82) is 0 Å². The number of ether oxygens (including phenoxy) is 2. The molecule has 25 heavy (non-hydrogen) atoms. The molecule has 3 nitrogen and oxygen atoms in total. The summed E-state index contributed by atoms with van der Waals surface area (Å²) in [6.07, 6.45) is -0.0408. The molecule has 0 radical (unpaired) electrons. The van der Waals surface area contributed by atoms with Crippen molar-refractivity contribution in [3.63, 3.8) is 0 Å². The molecule has 134 valence electrons. The quantitative estimate of drug-likeness (QED) is 0.754. The van der Waals surface area contributed by atoms with Crippen molar-refractivity contribution in [2.75, 3.05) is 27.7 Å². The van der Waals surface area contributed by atoms with Gasteiger partial charge in [0, 0.05) is 23.0 Å².